The first-order chi connectivity index (χ1) is 20.5. The molecule has 1 aliphatic carbocycles. The Kier molecular flexibility index (Phi) is 11.2. The van der Waals surface area contributed by atoms with Crippen molar-refractivity contribution >= 4 is 23.6 Å². The zero-order chi connectivity index (χ0) is 30.1. The zero-order valence-electron chi connectivity index (χ0n) is 26.2. The Bertz CT molecular complexity index is 1290. The van der Waals surface area contributed by atoms with Gasteiger partial charge >= 0.3 is 6.01 Å². The number of carbonyl (C=O) groups excluding carboxylic acids is 1. The van der Waals surface area contributed by atoms with Crippen LogP contribution in [0.2, 0.25) is 0 Å². The second kappa shape index (κ2) is 15.0. The second-order valence-electron chi connectivity index (χ2n) is 11.1. The van der Waals surface area contributed by atoms with Gasteiger partial charge in [0.2, 0.25) is 5.91 Å². The summed E-state index contributed by atoms with van der Waals surface area (Å²) in [5, 5.41) is 0. The van der Waals surface area contributed by atoms with E-state index in [9.17, 15) is 4.79 Å². The number of benzene rings is 1. The monoisotopic (exact) mass is 574 g/mol. The lowest BCUT2D eigenvalue weighted by atomic mass is 9.98. The number of nitrogens with zero attached hydrogens (tertiary/aromatic N) is 6. The molecule has 3 heterocycles. The van der Waals surface area contributed by atoms with Crippen LogP contribution < -0.4 is 14.5 Å². The quantitative estimate of drug-likeness (QED) is 0.232. The molecular formula is C34H50N6O2. The van der Waals surface area contributed by atoms with Crippen LogP contribution in [0.15, 0.2) is 41.9 Å². The summed E-state index contributed by atoms with van der Waals surface area (Å²) >= 11 is 0. The molecule has 0 radical (unpaired) electrons. The van der Waals surface area contributed by atoms with Crippen LogP contribution in [0, 0.1) is 19.8 Å². The maximum absolute atomic E-state index is 12.2. The van der Waals surface area contributed by atoms with E-state index in [1.165, 1.54) is 34.0 Å². The number of aliphatic imine (C=N–C) groups is 1. The Morgan fingerprint density at radius 1 is 1.05 bits per heavy atom. The van der Waals surface area contributed by atoms with Gasteiger partial charge in [-0.05, 0) is 69.1 Å². The first-order valence-corrected chi connectivity index (χ1v) is 15.6. The van der Waals surface area contributed by atoms with Crippen LogP contribution in [0.1, 0.15) is 68.9 Å². The number of aromatic nitrogens is 2. The molecule has 5 rings (SSSR count). The van der Waals surface area contributed by atoms with Gasteiger partial charge in [0.25, 0.3) is 0 Å². The number of fused-ring (bicyclic) bond motifs is 1. The molecule has 1 amide bonds. The summed E-state index contributed by atoms with van der Waals surface area (Å²) in [6.45, 7) is 16.9. The fourth-order valence-electron chi connectivity index (χ4n) is 6.11. The van der Waals surface area contributed by atoms with Gasteiger partial charge in [0.05, 0.1) is 18.8 Å². The summed E-state index contributed by atoms with van der Waals surface area (Å²) < 4.78 is 6.33. The number of ether oxygens (including phenoxy) is 1. The molecule has 3 aliphatic rings. The molecule has 2 aromatic rings. The highest BCUT2D eigenvalue weighted by atomic mass is 16.5. The van der Waals surface area contributed by atoms with E-state index in [1.807, 2.05) is 32.0 Å². The van der Waals surface area contributed by atoms with Crippen molar-refractivity contribution in [1.29, 1.82) is 0 Å². The van der Waals surface area contributed by atoms with Crippen LogP contribution >= 0.6 is 0 Å². The molecule has 0 saturated carbocycles. The van der Waals surface area contributed by atoms with Crippen LogP contribution in [0.5, 0.6) is 6.01 Å². The number of hydrogen-bond donors (Lipinski definition) is 0. The molecule has 2 aliphatic heterocycles. The first-order valence-electron chi connectivity index (χ1n) is 15.6. The van der Waals surface area contributed by atoms with Crippen LogP contribution in [0.25, 0.3) is 0 Å². The van der Waals surface area contributed by atoms with E-state index in [2.05, 4.69) is 59.5 Å². The maximum atomic E-state index is 12.2. The Balaban J connectivity index is 0.00000165. The number of anilines is 2. The highest BCUT2D eigenvalue weighted by Gasteiger charge is 2.30. The molecule has 0 atom stereocenters. The summed E-state index contributed by atoms with van der Waals surface area (Å²) in [5.74, 6) is 1.46. The van der Waals surface area contributed by atoms with E-state index < -0.39 is 0 Å². The summed E-state index contributed by atoms with van der Waals surface area (Å²) in [4.78, 5) is 33.1. The van der Waals surface area contributed by atoms with Gasteiger partial charge in [-0.25, -0.2) is 0 Å². The highest BCUT2D eigenvalue weighted by molar-refractivity contribution is 5.91. The predicted octanol–water partition coefficient (Wildman–Crippen LogP) is 5.94. The van der Waals surface area contributed by atoms with Crippen LogP contribution in [0.4, 0.5) is 11.5 Å². The van der Waals surface area contributed by atoms with Gasteiger partial charge in [0, 0.05) is 64.2 Å². The normalized spacial score (nSPS) is 17.4. The van der Waals surface area contributed by atoms with Crippen molar-refractivity contribution in [1.82, 2.24) is 14.9 Å². The summed E-state index contributed by atoms with van der Waals surface area (Å²) in [6, 6.07) is 4.83. The van der Waals surface area contributed by atoms with Crippen molar-refractivity contribution in [3.8, 4) is 6.01 Å². The standard InChI is InChI=1S/C32H42N6O2.C2H6.H2/c1-5-29(39)36-16-18-37(19-17-36)31-26-14-15-38(30-24(3)13-12-23(2)27(30)20-33-4)21-28(26)34-32(35-31)40-22-25-10-8-6-7-9-11-25;1-2;/h5-7,12-13,20,25H,1,8-11,14-19,21-22H2,2-4H3;1-2H3;1H. The molecule has 1 fully saturated rings. The van der Waals surface area contributed by atoms with Crippen LogP contribution in [-0.2, 0) is 17.8 Å². The third kappa shape index (κ3) is 7.20. The van der Waals surface area contributed by atoms with Gasteiger partial charge in [-0.2, -0.15) is 9.97 Å². The van der Waals surface area contributed by atoms with Gasteiger partial charge in [0.15, 0.2) is 0 Å². The topological polar surface area (TPSA) is 74.2 Å². The molecule has 0 N–H and O–H groups in total. The van der Waals surface area contributed by atoms with Crippen molar-refractivity contribution < 1.29 is 11.0 Å². The predicted molar refractivity (Wildman–Crippen MR) is 175 cm³/mol. The van der Waals surface area contributed by atoms with Crippen molar-refractivity contribution in [2.75, 3.05) is 56.2 Å². The van der Waals surface area contributed by atoms with Crippen LogP contribution in [-0.4, -0.2) is 73.4 Å². The number of amides is 1. The molecule has 0 spiro atoms. The van der Waals surface area contributed by atoms with Gasteiger partial charge in [-0.15, -0.1) is 0 Å². The molecule has 0 bridgehead atoms. The fourth-order valence-corrected chi connectivity index (χ4v) is 6.11. The lowest BCUT2D eigenvalue weighted by Gasteiger charge is -2.38. The number of aryl methyl sites for hydroxylation is 2. The smallest absolute Gasteiger partial charge is 0.318 e. The minimum absolute atomic E-state index is 0. The average molecular weight is 575 g/mol. The van der Waals surface area contributed by atoms with Gasteiger partial charge in [-0.3, -0.25) is 9.79 Å². The Morgan fingerprint density at radius 3 is 2.40 bits per heavy atom. The number of allylic oxidation sites excluding steroid dienone is 2. The van der Waals surface area contributed by atoms with Crippen molar-refractivity contribution in [2.45, 2.75) is 66.3 Å². The lowest BCUT2D eigenvalue weighted by molar-refractivity contribution is -0.126. The number of carbonyl (C=O) groups is 1. The molecule has 1 aromatic heterocycles. The number of piperazine rings is 1. The van der Waals surface area contributed by atoms with Crippen molar-refractivity contribution in [2.24, 2.45) is 10.9 Å². The summed E-state index contributed by atoms with van der Waals surface area (Å²) in [7, 11) is 1.83. The van der Waals surface area contributed by atoms with E-state index >= 15 is 0 Å². The molecule has 42 heavy (non-hydrogen) atoms. The van der Waals surface area contributed by atoms with E-state index in [4.69, 9.17) is 14.7 Å². The molecule has 0 unspecified atom stereocenters. The van der Waals surface area contributed by atoms with Crippen LogP contribution in [0.3, 0.4) is 0 Å². The van der Waals surface area contributed by atoms with Crippen molar-refractivity contribution in [3.05, 3.63) is 64.9 Å². The Morgan fingerprint density at radius 2 is 1.74 bits per heavy atom. The average Bonchev–Trinajstić information content (AvgIpc) is 3.31. The zero-order valence-corrected chi connectivity index (χ0v) is 26.2. The van der Waals surface area contributed by atoms with E-state index in [-0.39, 0.29) is 7.33 Å². The second-order valence-corrected chi connectivity index (χ2v) is 11.1. The molecule has 228 valence electrons. The largest absolute Gasteiger partial charge is 0.463 e. The number of hydrogen-bond acceptors (Lipinski definition) is 7. The van der Waals surface area contributed by atoms with E-state index in [0.717, 1.165) is 63.3 Å². The van der Waals surface area contributed by atoms with Crippen molar-refractivity contribution in [3.63, 3.8) is 0 Å². The Labute approximate surface area is 253 Å². The van der Waals surface area contributed by atoms with E-state index in [0.29, 0.717) is 38.2 Å². The minimum Gasteiger partial charge on any atom is -0.463 e. The van der Waals surface area contributed by atoms with Gasteiger partial charge in [-0.1, -0.05) is 44.7 Å². The van der Waals surface area contributed by atoms with Gasteiger partial charge < -0.3 is 19.4 Å². The molecule has 1 aromatic carbocycles. The maximum Gasteiger partial charge on any atom is 0.318 e. The molecule has 8 nitrogen and oxygen atoms in total. The van der Waals surface area contributed by atoms with E-state index in [1.54, 1.807) is 0 Å². The summed E-state index contributed by atoms with van der Waals surface area (Å²) in [5.41, 5.74) is 7.07. The molecule has 1 saturated heterocycles. The highest BCUT2D eigenvalue weighted by Crippen LogP contribution is 2.35. The fraction of sp³-hybridized carbons (Fsp3) is 0.529. The minimum atomic E-state index is -0.0122. The van der Waals surface area contributed by atoms with Gasteiger partial charge in [0.1, 0.15) is 5.82 Å². The lowest BCUT2D eigenvalue weighted by Crippen LogP contribution is -2.49. The SMILES string of the molecule is C=CC(=O)N1CCN(c2nc(OCC3CCC=CCC3)nc3c2CCN(c2c(C)ccc(C)c2C=NC)C3)CC1.CC.[HH]. The Hall–Kier alpha value is -3.68. The molecule has 8 heteroatoms. The third-order valence-corrected chi connectivity index (χ3v) is 8.40. The summed E-state index contributed by atoms with van der Waals surface area (Å²) in [6.07, 6.45) is 13.3. The number of rotatable bonds is 7. The molecular weight excluding hydrogens is 524 g/mol. The first kappa shape index (κ1) is 31.3. The third-order valence-electron chi connectivity index (χ3n) is 8.40.